The van der Waals surface area contributed by atoms with Crippen LogP contribution in [0.5, 0.6) is 0 Å². The molecule has 1 aromatic carbocycles. The van der Waals surface area contributed by atoms with Crippen LogP contribution < -0.4 is 10.6 Å². The Bertz CT molecular complexity index is 590. The lowest BCUT2D eigenvalue weighted by Gasteiger charge is -2.19. The summed E-state index contributed by atoms with van der Waals surface area (Å²) < 4.78 is 31.8. The third-order valence-corrected chi connectivity index (χ3v) is 2.72. The molecule has 0 spiro atoms. The van der Waals surface area contributed by atoms with Crippen molar-refractivity contribution in [2.45, 2.75) is 32.8 Å². The van der Waals surface area contributed by atoms with Gasteiger partial charge in [0.1, 0.15) is 17.2 Å². The third kappa shape index (κ3) is 7.71. The Morgan fingerprint density at radius 2 is 1.71 bits per heavy atom. The molecule has 0 fully saturated rings. The van der Waals surface area contributed by atoms with Gasteiger partial charge in [-0.1, -0.05) is 6.07 Å². The molecule has 0 bridgehead atoms. The highest BCUT2D eigenvalue weighted by atomic mass is 19.1. The first-order valence-corrected chi connectivity index (χ1v) is 7.56. The van der Waals surface area contributed by atoms with Crippen LogP contribution in [0.1, 0.15) is 32.8 Å². The minimum absolute atomic E-state index is 0.265. The van der Waals surface area contributed by atoms with Crippen LogP contribution in [0.15, 0.2) is 24.3 Å². The Morgan fingerprint density at radius 3 is 2.29 bits per heavy atom. The number of rotatable bonds is 6. The topological polar surface area (TPSA) is 67.4 Å². The Balaban J connectivity index is 2.28. The molecule has 1 rings (SSSR count). The van der Waals surface area contributed by atoms with Crippen molar-refractivity contribution in [1.29, 1.82) is 0 Å². The molecule has 0 radical (unpaired) electrons. The Hall–Kier alpha value is -2.44. The fourth-order valence-corrected chi connectivity index (χ4v) is 1.69. The number of nitrogens with one attached hydrogen (secondary N) is 2. The van der Waals surface area contributed by atoms with Gasteiger partial charge in [0.15, 0.2) is 0 Å². The second-order valence-corrected chi connectivity index (χ2v) is 6.04. The number of hydrogen-bond donors (Lipinski definition) is 2. The summed E-state index contributed by atoms with van der Waals surface area (Å²) in [6.45, 7) is 5.92. The van der Waals surface area contributed by atoms with E-state index in [-0.39, 0.29) is 5.56 Å². The zero-order valence-corrected chi connectivity index (χ0v) is 14.0. The fourth-order valence-electron chi connectivity index (χ4n) is 1.69. The predicted octanol–water partition coefficient (Wildman–Crippen LogP) is 3.01. The SMILES string of the molecule is CC(C)(C)OC(=O)NCCCNC(=O)/C=C/c1c(F)cccc1F. The second-order valence-electron chi connectivity index (χ2n) is 6.04. The third-order valence-electron chi connectivity index (χ3n) is 2.72. The first-order chi connectivity index (χ1) is 11.2. The molecular weight excluding hydrogens is 318 g/mol. The molecule has 0 saturated heterocycles. The standard InChI is InChI=1S/C17H22F2N2O3/c1-17(2,3)24-16(23)21-11-5-10-20-15(22)9-8-12-13(18)6-4-7-14(12)19/h4,6-9H,5,10-11H2,1-3H3,(H,20,22)(H,21,23)/b9-8+. The molecule has 2 amide bonds. The van der Waals surface area contributed by atoms with Crippen molar-refractivity contribution in [3.8, 4) is 0 Å². The Kier molecular flexibility index (Phi) is 7.35. The van der Waals surface area contributed by atoms with Gasteiger partial charge in [0.25, 0.3) is 0 Å². The second kappa shape index (κ2) is 9.00. The summed E-state index contributed by atoms with van der Waals surface area (Å²) in [6, 6.07) is 3.48. The van der Waals surface area contributed by atoms with E-state index in [1.807, 2.05) is 0 Å². The minimum Gasteiger partial charge on any atom is -0.444 e. The molecule has 5 nitrogen and oxygen atoms in total. The van der Waals surface area contributed by atoms with Gasteiger partial charge in [0.2, 0.25) is 5.91 Å². The zero-order valence-electron chi connectivity index (χ0n) is 14.0. The number of halogens is 2. The van der Waals surface area contributed by atoms with E-state index in [1.54, 1.807) is 20.8 Å². The van der Waals surface area contributed by atoms with E-state index in [0.717, 1.165) is 24.3 Å². The molecule has 0 atom stereocenters. The van der Waals surface area contributed by atoms with Crippen LogP contribution in [-0.2, 0) is 9.53 Å². The van der Waals surface area contributed by atoms with Crippen molar-refractivity contribution in [1.82, 2.24) is 10.6 Å². The molecule has 1 aromatic rings. The summed E-state index contributed by atoms with van der Waals surface area (Å²) in [5.74, 6) is -1.95. The molecule has 0 aliphatic rings. The number of benzene rings is 1. The van der Waals surface area contributed by atoms with E-state index in [9.17, 15) is 18.4 Å². The van der Waals surface area contributed by atoms with Gasteiger partial charge in [-0.15, -0.1) is 0 Å². The molecule has 0 heterocycles. The van der Waals surface area contributed by atoms with Crippen molar-refractivity contribution < 1.29 is 23.1 Å². The fraction of sp³-hybridized carbons (Fsp3) is 0.412. The van der Waals surface area contributed by atoms with E-state index in [4.69, 9.17) is 4.74 Å². The summed E-state index contributed by atoms with van der Waals surface area (Å²) >= 11 is 0. The van der Waals surface area contributed by atoms with Crippen molar-refractivity contribution in [2.75, 3.05) is 13.1 Å². The smallest absolute Gasteiger partial charge is 0.407 e. The van der Waals surface area contributed by atoms with Gasteiger partial charge in [0, 0.05) is 24.7 Å². The lowest BCUT2D eigenvalue weighted by Crippen LogP contribution is -2.34. The molecule has 24 heavy (non-hydrogen) atoms. The highest BCUT2D eigenvalue weighted by Gasteiger charge is 2.15. The largest absolute Gasteiger partial charge is 0.444 e. The van der Waals surface area contributed by atoms with Crippen molar-refractivity contribution in [2.24, 2.45) is 0 Å². The monoisotopic (exact) mass is 340 g/mol. The molecular formula is C17H22F2N2O3. The van der Waals surface area contributed by atoms with Crippen molar-refractivity contribution >= 4 is 18.1 Å². The highest BCUT2D eigenvalue weighted by Crippen LogP contribution is 2.13. The lowest BCUT2D eigenvalue weighted by molar-refractivity contribution is -0.116. The summed E-state index contributed by atoms with van der Waals surface area (Å²) in [5.41, 5.74) is -0.829. The Labute approximate surface area is 140 Å². The van der Waals surface area contributed by atoms with Gasteiger partial charge in [-0.3, -0.25) is 4.79 Å². The molecule has 0 aromatic heterocycles. The van der Waals surface area contributed by atoms with Gasteiger partial charge >= 0.3 is 6.09 Å². The summed E-state index contributed by atoms with van der Waals surface area (Å²) in [4.78, 5) is 22.9. The van der Waals surface area contributed by atoms with Gasteiger partial charge in [0.05, 0.1) is 0 Å². The van der Waals surface area contributed by atoms with E-state index < -0.39 is 29.2 Å². The van der Waals surface area contributed by atoms with Gasteiger partial charge < -0.3 is 15.4 Å². The summed E-state index contributed by atoms with van der Waals surface area (Å²) in [6.07, 6.45) is 2.11. The molecule has 2 N–H and O–H groups in total. The van der Waals surface area contributed by atoms with Crippen molar-refractivity contribution in [3.05, 3.63) is 41.5 Å². The number of alkyl carbamates (subject to hydrolysis) is 1. The number of carbonyl (C=O) groups is 2. The average molecular weight is 340 g/mol. The molecule has 0 aliphatic carbocycles. The van der Waals surface area contributed by atoms with Crippen LogP contribution in [0.25, 0.3) is 6.08 Å². The predicted molar refractivity (Wildman–Crippen MR) is 87.3 cm³/mol. The van der Waals surface area contributed by atoms with Crippen molar-refractivity contribution in [3.63, 3.8) is 0 Å². The van der Waals surface area contributed by atoms with E-state index in [0.29, 0.717) is 19.5 Å². The normalized spacial score (nSPS) is 11.4. The van der Waals surface area contributed by atoms with E-state index in [1.165, 1.54) is 6.07 Å². The van der Waals surface area contributed by atoms with Crippen LogP contribution in [-0.4, -0.2) is 30.7 Å². The number of amides is 2. The summed E-state index contributed by atoms with van der Waals surface area (Å²) in [7, 11) is 0. The summed E-state index contributed by atoms with van der Waals surface area (Å²) in [5, 5.41) is 5.11. The van der Waals surface area contributed by atoms with Crippen LogP contribution in [0, 0.1) is 11.6 Å². The van der Waals surface area contributed by atoms with Crippen LogP contribution in [0.4, 0.5) is 13.6 Å². The van der Waals surface area contributed by atoms with Crippen LogP contribution >= 0.6 is 0 Å². The lowest BCUT2D eigenvalue weighted by atomic mass is 10.2. The van der Waals surface area contributed by atoms with Crippen LogP contribution in [0.2, 0.25) is 0 Å². The van der Waals surface area contributed by atoms with Gasteiger partial charge in [-0.05, 0) is 45.4 Å². The molecule has 0 saturated carbocycles. The molecule has 7 heteroatoms. The average Bonchev–Trinajstić information content (AvgIpc) is 2.44. The zero-order chi connectivity index (χ0) is 18.2. The first-order valence-electron chi connectivity index (χ1n) is 7.56. The van der Waals surface area contributed by atoms with Gasteiger partial charge in [-0.2, -0.15) is 0 Å². The van der Waals surface area contributed by atoms with Crippen LogP contribution in [0.3, 0.4) is 0 Å². The molecule has 132 valence electrons. The molecule has 0 unspecified atom stereocenters. The Morgan fingerprint density at radius 1 is 1.12 bits per heavy atom. The maximum atomic E-state index is 13.4. The number of hydrogen-bond acceptors (Lipinski definition) is 3. The first kappa shape index (κ1) is 19.6. The van der Waals surface area contributed by atoms with E-state index >= 15 is 0 Å². The van der Waals surface area contributed by atoms with Gasteiger partial charge in [-0.25, -0.2) is 13.6 Å². The quantitative estimate of drug-likeness (QED) is 0.618. The maximum absolute atomic E-state index is 13.4. The minimum atomic E-state index is -0.736. The maximum Gasteiger partial charge on any atom is 0.407 e. The number of ether oxygens (including phenoxy) is 1. The number of carbonyl (C=O) groups excluding carboxylic acids is 2. The molecule has 0 aliphatic heterocycles. The van der Waals surface area contributed by atoms with E-state index in [2.05, 4.69) is 10.6 Å². The highest BCUT2D eigenvalue weighted by molar-refractivity contribution is 5.91.